The molecule has 1 aliphatic rings. The van der Waals surface area contributed by atoms with Crippen molar-refractivity contribution in [3.8, 4) is 5.75 Å². The van der Waals surface area contributed by atoms with Crippen molar-refractivity contribution in [1.82, 2.24) is 5.32 Å². The topological polar surface area (TPSA) is 33.6 Å². The van der Waals surface area contributed by atoms with Gasteiger partial charge in [0, 0.05) is 18.7 Å². The van der Waals surface area contributed by atoms with Crippen molar-refractivity contribution < 1.29 is 9.13 Å². The summed E-state index contributed by atoms with van der Waals surface area (Å²) in [6, 6.07) is 4.99. The number of halogens is 1. The van der Waals surface area contributed by atoms with E-state index in [0.717, 1.165) is 30.9 Å². The Kier molecular flexibility index (Phi) is 4.18. The number of benzene rings is 1. The van der Waals surface area contributed by atoms with E-state index in [4.69, 9.17) is 4.74 Å². The number of amidine groups is 1. The second kappa shape index (κ2) is 5.85. The van der Waals surface area contributed by atoms with E-state index in [0.29, 0.717) is 18.3 Å². The van der Waals surface area contributed by atoms with Gasteiger partial charge in [-0.05, 0) is 30.5 Å². The highest BCUT2D eigenvalue weighted by Crippen LogP contribution is 2.19. The van der Waals surface area contributed by atoms with Crippen LogP contribution in [-0.4, -0.2) is 25.5 Å². The van der Waals surface area contributed by atoms with Gasteiger partial charge in [0.15, 0.2) is 11.6 Å². The first-order valence-electron chi connectivity index (χ1n) is 6.38. The lowest BCUT2D eigenvalue weighted by molar-refractivity contribution is 0.259. The minimum atomic E-state index is -0.330. The molecule has 1 heterocycles. The molecule has 18 heavy (non-hydrogen) atoms. The maximum Gasteiger partial charge on any atom is 0.165 e. The van der Waals surface area contributed by atoms with Gasteiger partial charge in [-0.25, -0.2) is 4.39 Å². The normalized spacial score (nSPS) is 15.2. The molecule has 0 fully saturated rings. The van der Waals surface area contributed by atoms with Crippen LogP contribution in [0.4, 0.5) is 4.39 Å². The summed E-state index contributed by atoms with van der Waals surface area (Å²) in [5.74, 6) is 1.14. The summed E-state index contributed by atoms with van der Waals surface area (Å²) in [6.45, 7) is 6.29. The first kappa shape index (κ1) is 12.9. The lowest BCUT2D eigenvalue weighted by atomic mass is 10.1. The summed E-state index contributed by atoms with van der Waals surface area (Å²) in [5, 5.41) is 3.17. The van der Waals surface area contributed by atoms with Crippen molar-refractivity contribution in [3.63, 3.8) is 0 Å². The number of nitrogens with zero attached hydrogens (tertiary/aromatic N) is 1. The molecule has 0 unspecified atom stereocenters. The predicted octanol–water partition coefficient (Wildman–Crippen LogP) is 2.60. The highest BCUT2D eigenvalue weighted by atomic mass is 19.1. The van der Waals surface area contributed by atoms with Gasteiger partial charge in [0.1, 0.15) is 5.84 Å². The van der Waals surface area contributed by atoms with Crippen LogP contribution in [0.1, 0.15) is 25.8 Å². The fraction of sp³-hybridized carbons (Fsp3) is 0.500. The Labute approximate surface area is 107 Å². The third kappa shape index (κ3) is 3.22. The van der Waals surface area contributed by atoms with Gasteiger partial charge in [-0.15, -0.1) is 0 Å². The largest absolute Gasteiger partial charge is 0.490 e. The van der Waals surface area contributed by atoms with Crippen LogP contribution in [0, 0.1) is 11.7 Å². The van der Waals surface area contributed by atoms with E-state index in [9.17, 15) is 4.39 Å². The Hall–Kier alpha value is -1.58. The van der Waals surface area contributed by atoms with Crippen molar-refractivity contribution in [2.75, 3.05) is 19.7 Å². The molecule has 3 nitrogen and oxygen atoms in total. The van der Waals surface area contributed by atoms with Gasteiger partial charge in [0.2, 0.25) is 0 Å². The summed E-state index contributed by atoms with van der Waals surface area (Å²) in [7, 11) is 0. The Morgan fingerprint density at radius 2 is 2.28 bits per heavy atom. The molecule has 1 aromatic rings. The fourth-order valence-corrected chi connectivity index (χ4v) is 1.75. The number of aliphatic imine (C=N–C) groups is 1. The molecule has 98 valence electrons. The van der Waals surface area contributed by atoms with Gasteiger partial charge in [-0.3, -0.25) is 4.99 Å². The Morgan fingerprint density at radius 3 is 2.89 bits per heavy atom. The average molecular weight is 250 g/mol. The van der Waals surface area contributed by atoms with Crippen molar-refractivity contribution in [2.45, 2.75) is 20.3 Å². The number of hydrogen-bond acceptors (Lipinski definition) is 3. The molecule has 0 bridgehead atoms. The molecule has 0 aromatic heterocycles. The minimum Gasteiger partial charge on any atom is -0.490 e. The maximum absolute atomic E-state index is 13.8. The first-order chi connectivity index (χ1) is 8.66. The summed E-state index contributed by atoms with van der Waals surface area (Å²) in [5.41, 5.74) is 0.782. The van der Waals surface area contributed by atoms with Crippen LogP contribution in [0.15, 0.2) is 23.2 Å². The lowest BCUT2D eigenvalue weighted by Crippen LogP contribution is -2.30. The average Bonchev–Trinajstić information content (AvgIpc) is 2.38. The maximum atomic E-state index is 13.8. The standard InChI is InChI=1S/C14H19FN2O/c1-10(2)9-18-13-5-4-11(8-12(13)15)14-16-6-3-7-17-14/h4-5,8,10H,3,6-7,9H2,1-2H3,(H,16,17). The number of hydrogen-bond donors (Lipinski definition) is 1. The molecular weight excluding hydrogens is 231 g/mol. The third-order valence-electron chi connectivity index (χ3n) is 2.67. The zero-order valence-electron chi connectivity index (χ0n) is 10.9. The van der Waals surface area contributed by atoms with Gasteiger partial charge < -0.3 is 10.1 Å². The summed E-state index contributed by atoms with van der Waals surface area (Å²) in [6.07, 6.45) is 1.03. The third-order valence-corrected chi connectivity index (χ3v) is 2.67. The van der Waals surface area contributed by atoms with E-state index in [1.165, 1.54) is 6.07 Å². The second-order valence-corrected chi connectivity index (χ2v) is 4.86. The number of nitrogens with one attached hydrogen (secondary N) is 1. The van der Waals surface area contributed by atoms with E-state index in [2.05, 4.69) is 10.3 Å². The number of rotatable bonds is 4. The number of ether oxygens (including phenoxy) is 1. The zero-order valence-corrected chi connectivity index (χ0v) is 10.9. The van der Waals surface area contributed by atoms with E-state index < -0.39 is 0 Å². The molecule has 0 spiro atoms. The smallest absolute Gasteiger partial charge is 0.165 e. The highest BCUT2D eigenvalue weighted by molar-refractivity contribution is 5.99. The van der Waals surface area contributed by atoms with Crippen molar-refractivity contribution in [1.29, 1.82) is 0 Å². The molecule has 0 saturated heterocycles. The van der Waals surface area contributed by atoms with Gasteiger partial charge >= 0.3 is 0 Å². The van der Waals surface area contributed by atoms with Crippen LogP contribution in [-0.2, 0) is 0 Å². The molecular formula is C14H19FN2O. The molecule has 0 aliphatic carbocycles. The van der Waals surface area contributed by atoms with E-state index >= 15 is 0 Å². The molecule has 2 rings (SSSR count). The molecule has 0 saturated carbocycles. The van der Waals surface area contributed by atoms with Crippen LogP contribution in [0.3, 0.4) is 0 Å². The second-order valence-electron chi connectivity index (χ2n) is 4.86. The summed E-state index contributed by atoms with van der Waals surface area (Å²) < 4.78 is 19.3. The van der Waals surface area contributed by atoms with Gasteiger partial charge in [-0.1, -0.05) is 13.8 Å². The monoisotopic (exact) mass is 250 g/mol. The molecule has 1 aliphatic heterocycles. The molecule has 0 atom stereocenters. The minimum absolute atomic E-state index is 0.309. The predicted molar refractivity (Wildman–Crippen MR) is 70.8 cm³/mol. The van der Waals surface area contributed by atoms with Crippen LogP contribution in [0.25, 0.3) is 0 Å². The quantitative estimate of drug-likeness (QED) is 0.891. The van der Waals surface area contributed by atoms with Crippen LogP contribution >= 0.6 is 0 Å². The van der Waals surface area contributed by atoms with Crippen LogP contribution in [0.5, 0.6) is 5.75 Å². The molecule has 0 amide bonds. The van der Waals surface area contributed by atoms with Gasteiger partial charge in [-0.2, -0.15) is 0 Å². The zero-order chi connectivity index (χ0) is 13.0. The van der Waals surface area contributed by atoms with Gasteiger partial charge in [0.25, 0.3) is 0 Å². The van der Waals surface area contributed by atoms with Crippen molar-refractivity contribution >= 4 is 5.84 Å². The molecule has 4 heteroatoms. The summed E-state index contributed by atoms with van der Waals surface area (Å²) >= 11 is 0. The Balaban J connectivity index is 2.11. The highest BCUT2D eigenvalue weighted by Gasteiger charge is 2.11. The summed E-state index contributed by atoms with van der Waals surface area (Å²) in [4.78, 5) is 4.34. The SMILES string of the molecule is CC(C)COc1ccc(C2=NCCCN2)cc1F. The van der Waals surface area contributed by atoms with Crippen LogP contribution in [0.2, 0.25) is 0 Å². The Morgan fingerprint density at radius 1 is 1.44 bits per heavy atom. The molecule has 1 aromatic carbocycles. The van der Waals surface area contributed by atoms with E-state index in [1.807, 2.05) is 19.9 Å². The molecule has 0 radical (unpaired) electrons. The lowest BCUT2D eigenvalue weighted by Gasteiger charge is -2.15. The van der Waals surface area contributed by atoms with Crippen LogP contribution < -0.4 is 10.1 Å². The first-order valence-corrected chi connectivity index (χ1v) is 6.38. The van der Waals surface area contributed by atoms with E-state index in [-0.39, 0.29) is 5.82 Å². The van der Waals surface area contributed by atoms with Crippen molar-refractivity contribution in [2.24, 2.45) is 10.9 Å². The Bertz CT molecular complexity index is 443. The van der Waals surface area contributed by atoms with Crippen molar-refractivity contribution in [3.05, 3.63) is 29.6 Å². The van der Waals surface area contributed by atoms with Gasteiger partial charge in [0.05, 0.1) is 6.61 Å². The fourth-order valence-electron chi connectivity index (χ4n) is 1.75. The van der Waals surface area contributed by atoms with E-state index in [1.54, 1.807) is 6.07 Å². The molecule has 1 N–H and O–H groups in total.